The normalized spacial score (nSPS) is 10.8. The molecule has 84 valence electrons. The Hall–Kier alpha value is -2.10. The molecule has 0 aliphatic heterocycles. The van der Waals surface area contributed by atoms with Crippen LogP contribution >= 0.6 is 0 Å². The second-order valence-electron chi connectivity index (χ2n) is 2.90. The summed E-state index contributed by atoms with van der Waals surface area (Å²) in [6, 6.07) is 6.58. The van der Waals surface area contributed by atoms with Crippen LogP contribution in [-0.4, -0.2) is 19.8 Å². The first-order chi connectivity index (χ1) is 7.71. The van der Waals surface area contributed by atoms with Crippen LogP contribution in [0.5, 0.6) is 5.75 Å². The molecule has 0 saturated heterocycles. The summed E-state index contributed by atoms with van der Waals surface area (Å²) in [5, 5.41) is 0. The van der Waals surface area contributed by atoms with E-state index in [1.165, 1.54) is 7.11 Å². The minimum Gasteiger partial charge on any atom is -0.465 e. The van der Waals surface area contributed by atoms with Crippen LogP contribution in [0.1, 0.15) is 17.3 Å². The number of carbonyl (C=O) groups is 1. The number of aliphatic imine (C=N–C) groups is 1. The zero-order valence-electron chi connectivity index (χ0n) is 9.27. The molecule has 1 aromatic carbocycles. The van der Waals surface area contributed by atoms with E-state index in [0.717, 1.165) is 0 Å². The highest BCUT2D eigenvalue weighted by molar-refractivity contribution is 5.89. The highest BCUT2D eigenvalue weighted by Crippen LogP contribution is 2.15. The van der Waals surface area contributed by atoms with Crippen molar-refractivity contribution < 1.29 is 14.3 Å². The van der Waals surface area contributed by atoms with E-state index in [9.17, 15) is 4.79 Å². The number of benzene rings is 1. The van der Waals surface area contributed by atoms with Crippen LogP contribution in [0.15, 0.2) is 41.2 Å². The molecule has 0 N–H and O–H groups in total. The molecule has 0 aliphatic rings. The lowest BCUT2D eigenvalue weighted by Gasteiger charge is -2.05. The van der Waals surface area contributed by atoms with Crippen molar-refractivity contribution in [1.29, 1.82) is 0 Å². The number of rotatable bonds is 4. The zero-order chi connectivity index (χ0) is 12.0. The number of hydrogen-bond donors (Lipinski definition) is 0. The van der Waals surface area contributed by atoms with Crippen molar-refractivity contribution in [2.45, 2.75) is 6.92 Å². The van der Waals surface area contributed by atoms with Gasteiger partial charge >= 0.3 is 5.97 Å². The number of allylic oxidation sites excluding steroid dienone is 1. The summed E-state index contributed by atoms with van der Waals surface area (Å²) < 4.78 is 9.94. The molecule has 0 heterocycles. The summed E-state index contributed by atoms with van der Waals surface area (Å²) in [5.41, 5.74) is 0.475. The van der Waals surface area contributed by atoms with Crippen molar-refractivity contribution >= 4 is 12.7 Å². The molecular weight excluding hydrogens is 206 g/mol. The average Bonchev–Trinajstić information content (AvgIpc) is 2.35. The zero-order valence-corrected chi connectivity index (χ0v) is 9.27. The van der Waals surface area contributed by atoms with Crippen molar-refractivity contribution in [3.05, 3.63) is 41.8 Å². The molecule has 1 rings (SSSR count). The van der Waals surface area contributed by atoms with E-state index in [1.807, 2.05) is 0 Å². The van der Waals surface area contributed by atoms with Crippen LogP contribution in [-0.2, 0) is 4.74 Å². The quantitative estimate of drug-likeness (QED) is 0.444. The monoisotopic (exact) mass is 219 g/mol. The van der Waals surface area contributed by atoms with Gasteiger partial charge in [-0.15, -0.1) is 0 Å². The number of methoxy groups -OCH3 is 1. The van der Waals surface area contributed by atoms with Crippen molar-refractivity contribution in [1.82, 2.24) is 0 Å². The van der Waals surface area contributed by atoms with E-state index >= 15 is 0 Å². The minimum absolute atomic E-state index is 0.375. The lowest BCUT2D eigenvalue weighted by Crippen LogP contribution is -2.00. The van der Waals surface area contributed by atoms with Gasteiger partial charge in [0.15, 0.2) is 0 Å². The summed E-state index contributed by atoms with van der Waals surface area (Å²) in [7, 11) is 1.34. The van der Waals surface area contributed by atoms with Gasteiger partial charge in [-0.1, -0.05) is 0 Å². The topological polar surface area (TPSA) is 47.9 Å². The number of nitrogens with zero attached hydrogens (tertiary/aromatic N) is 1. The van der Waals surface area contributed by atoms with E-state index in [0.29, 0.717) is 17.2 Å². The maximum absolute atomic E-state index is 11.2. The van der Waals surface area contributed by atoms with Crippen molar-refractivity contribution in [2.24, 2.45) is 4.99 Å². The summed E-state index contributed by atoms with van der Waals surface area (Å²) in [6.07, 6.45) is 1.70. The predicted molar refractivity (Wildman–Crippen MR) is 61.7 cm³/mol. The molecule has 4 nitrogen and oxygen atoms in total. The maximum Gasteiger partial charge on any atom is 0.337 e. The number of ether oxygens (including phenoxy) is 2. The second kappa shape index (κ2) is 5.70. The van der Waals surface area contributed by atoms with Crippen LogP contribution in [0.3, 0.4) is 0 Å². The van der Waals surface area contributed by atoms with Gasteiger partial charge in [0, 0.05) is 0 Å². The molecule has 0 radical (unpaired) electrons. The largest absolute Gasteiger partial charge is 0.465 e. The van der Waals surface area contributed by atoms with Gasteiger partial charge in [0.05, 0.1) is 12.7 Å². The first kappa shape index (κ1) is 12.0. The third-order valence-electron chi connectivity index (χ3n) is 1.90. The third kappa shape index (κ3) is 2.95. The molecule has 0 spiro atoms. The highest BCUT2D eigenvalue weighted by atomic mass is 16.5. The van der Waals surface area contributed by atoms with Crippen LogP contribution < -0.4 is 4.74 Å². The number of esters is 1. The van der Waals surface area contributed by atoms with Gasteiger partial charge < -0.3 is 9.47 Å². The molecule has 0 saturated carbocycles. The van der Waals surface area contributed by atoms with Gasteiger partial charge in [-0.3, -0.25) is 0 Å². The molecule has 0 atom stereocenters. The molecule has 1 aromatic rings. The first-order valence-corrected chi connectivity index (χ1v) is 4.70. The summed E-state index contributed by atoms with van der Waals surface area (Å²) in [4.78, 5) is 14.8. The van der Waals surface area contributed by atoms with Crippen LogP contribution in [0, 0.1) is 0 Å². The Morgan fingerprint density at radius 1 is 1.38 bits per heavy atom. The lowest BCUT2D eigenvalue weighted by atomic mass is 10.2. The van der Waals surface area contributed by atoms with E-state index < -0.39 is 0 Å². The number of carbonyl (C=O) groups excluding carboxylic acids is 1. The lowest BCUT2D eigenvalue weighted by molar-refractivity contribution is 0.0600. The highest BCUT2D eigenvalue weighted by Gasteiger charge is 2.05. The molecule has 0 unspecified atom stereocenters. The summed E-state index contributed by atoms with van der Waals surface area (Å²) >= 11 is 0. The molecule has 0 aliphatic carbocycles. The Kier molecular flexibility index (Phi) is 4.27. The van der Waals surface area contributed by atoms with Crippen molar-refractivity contribution in [3.8, 4) is 5.75 Å². The minimum atomic E-state index is -0.375. The molecule has 0 amide bonds. The Balaban J connectivity index is 2.79. The molecule has 0 bridgehead atoms. The first-order valence-electron chi connectivity index (χ1n) is 4.70. The second-order valence-corrected chi connectivity index (χ2v) is 2.90. The number of hydrogen-bond acceptors (Lipinski definition) is 4. The maximum atomic E-state index is 11.2. The molecule has 0 aromatic heterocycles. The molecule has 4 heteroatoms. The average molecular weight is 219 g/mol. The molecular formula is C12H13NO3. The van der Waals surface area contributed by atoms with Crippen LogP contribution in [0.2, 0.25) is 0 Å². The Bertz CT molecular complexity index is 407. The van der Waals surface area contributed by atoms with E-state index in [2.05, 4.69) is 16.4 Å². The van der Waals surface area contributed by atoms with E-state index in [-0.39, 0.29) is 5.97 Å². The van der Waals surface area contributed by atoms with Gasteiger partial charge in [0.25, 0.3) is 0 Å². The van der Waals surface area contributed by atoms with Gasteiger partial charge in [0.1, 0.15) is 5.75 Å². The smallest absolute Gasteiger partial charge is 0.337 e. The molecule has 16 heavy (non-hydrogen) atoms. The SMILES string of the molecule is C=N/C(=C\C)Oc1ccc(C(=O)OC)cc1. The van der Waals surface area contributed by atoms with Crippen LogP contribution in [0.25, 0.3) is 0 Å². The van der Waals surface area contributed by atoms with Crippen LogP contribution in [0.4, 0.5) is 0 Å². The Morgan fingerprint density at radius 3 is 2.44 bits per heavy atom. The third-order valence-corrected chi connectivity index (χ3v) is 1.90. The van der Waals surface area contributed by atoms with Crippen molar-refractivity contribution in [3.63, 3.8) is 0 Å². The van der Waals surface area contributed by atoms with E-state index in [1.54, 1.807) is 37.3 Å². The molecule has 0 fully saturated rings. The fourth-order valence-electron chi connectivity index (χ4n) is 1.08. The van der Waals surface area contributed by atoms with Gasteiger partial charge in [-0.05, 0) is 44.0 Å². The van der Waals surface area contributed by atoms with E-state index in [4.69, 9.17) is 4.74 Å². The Morgan fingerprint density at radius 2 is 2.00 bits per heavy atom. The van der Waals surface area contributed by atoms with Gasteiger partial charge in [-0.2, -0.15) is 0 Å². The Labute approximate surface area is 94.2 Å². The van der Waals surface area contributed by atoms with Gasteiger partial charge in [-0.25, -0.2) is 9.79 Å². The summed E-state index contributed by atoms with van der Waals surface area (Å²) in [6.45, 7) is 5.17. The predicted octanol–water partition coefficient (Wildman–Crippen LogP) is 2.41. The van der Waals surface area contributed by atoms with Crippen molar-refractivity contribution in [2.75, 3.05) is 7.11 Å². The summed E-state index contributed by atoms with van der Waals surface area (Å²) in [5.74, 6) is 0.638. The standard InChI is InChI=1S/C12H13NO3/c1-4-11(13-2)16-10-7-5-9(6-8-10)12(14)15-3/h4-8H,2H2,1,3H3/b11-4+. The van der Waals surface area contributed by atoms with Gasteiger partial charge in [0.2, 0.25) is 5.88 Å². The fourth-order valence-corrected chi connectivity index (χ4v) is 1.08. The fraction of sp³-hybridized carbons (Fsp3) is 0.167.